The van der Waals surface area contributed by atoms with E-state index >= 15 is 0 Å². The van der Waals surface area contributed by atoms with Crippen molar-refractivity contribution in [2.24, 2.45) is 0 Å². The number of hydrogen-bond acceptors (Lipinski definition) is 3. The first-order chi connectivity index (χ1) is 12.5. The van der Waals surface area contributed by atoms with Crippen LogP contribution in [0.5, 0.6) is 0 Å². The van der Waals surface area contributed by atoms with Crippen LogP contribution in [-0.2, 0) is 9.53 Å². The van der Waals surface area contributed by atoms with E-state index < -0.39 is 21.1 Å². The Bertz CT molecular complexity index is 391. The molecule has 1 aliphatic rings. The van der Waals surface area contributed by atoms with E-state index in [2.05, 4.69) is 38.3 Å². The zero-order chi connectivity index (χ0) is 19.4. The molecule has 26 heavy (non-hydrogen) atoms. The molecule has 3 nitrogen and oxygen atoms in total. The molecule has 0 amide bonds. The number of unbranched alkanes of at least 4 members (excludes halogenated alkanes) is 3. The van der Waals surface area contributed by atoms with E-state index in [9.17, 15) is 4.79 Å². The quantitative estimate of drug-likeness (QED) is 0.189. The van der Waals surface area contributed by atoms with Gasteiger partial charge in [0.15, 0.2) is 0 Å². The average molecular weight is 470 g/mol. The van der Waals surface area contributed by atoms with E-state index in [-0.39, 0.29) is 12.1 Å². The molecule has 0 aromatic heterocycles. The van der Waals surface area contributed by atoms with Gasteiger partial charge in [-0.05, 0) is 0 Å². The standard InChI is InChI=1S/C13H27.C9H14NO2.Sn/c1-4-7-10-13(11-8-5-2)12-9-6-3;1-3-5-10-6-4-9(7-10)12-8(2)11;/h4-12H2,1-3H3;3,5,9H,1,4,6-7H2,2H3;/t;9-;/m.0./s1. The molecule has 0 aromatic rings. The maximum atomic E-state index is 11.3. The van der Waals surface area contributed by atoms with Crippen molar-refractivity contribution in [2.75, 3.05) is 13.1 Å². The van der Waals surface area contributed by atoms with Crippen LogP contribution in [0.1, 0.15) is 91.9 Å². The summed E-state index contributed by atoms with van der Waals surface area (Å²) in [5.74, 6) is -0.143. The number of carbonyl (C=O) groups is 1. The Morgan fingerprint density at radius 1 is 1.19 bits per heavy atom. The molecule has 0 aromatic carbocycles. The van der Waals surface area contributed by atoms with Crippen LogP contribution in [0.25, 0.3) is 0 Å². The van der Waals surface area contributed by atoms with Crippen molar-refractivity contribution in [3.05, 3.63) is 12.7 Å². The summed E-state index contributed by atoms with van der Waals surface area (Å²) in [7, 11) is 0. The van der Waals surface area contributed by atoms with Crippen LogP contribution in [0.2, 0.25) is 3.43 Å². The molecule has 2 radical (unpaired) electrons. The third-order valence-electron chi connectivity index (χ3n) is 5.61. The van der Waals surface area contributed by atoms with Gasteiger partial charge in [-0.25, -0.2) is 0 Å². The first kappa shape index (κ1) is 24.0. The molecule has 0 N–H and O–H groups in total. The third-order valence-corrected chi connectivity index (χ3v) is 12.1. The summed E-state index contributed by atoms with van der Waals surface area (Å²) in [6.07, 6.45) is 15.6. The predicted molar refractivity (Wildman–Crippen MR) is 113 cm³/mol. The van der Waals surface area contributed by atoms with Gasteiger partial charge in [0.05, 0.1) is 0 Å². The van der Waals surface area contributed by atoms with E-state index in [0.717, 1.165) is 19.5 Å². The first-order valence-electron chi connectivity index (χ1n) is 10.8. The molecule has 0 bridgehead atoms. The minimum atomic E-state index is -0.688. The Morgan fingerprint density at radius 3 is 2.15 bits per heavy atom. The molecule has 0 saturated carbocycles. The molecular formula is C22H41NO2Sn. The summed E-state index contributed by atoms with van der Waals surface area (Å²) < 4.78 is 6.65. The molecule has 4 heteroatoms. The zero-order valence-corrected chi connectivity index (χ0v) is 20.5. The van der Waals surface area contributed by atoms with Crippen molar-refractivity contribution in [1.29, 1.82) is 0 Å². The molecule has 1 heterocycles. The van der Waals surface area contributed by atoms with Crippen molar-refractivity contribution in [2.45, 2.75) is 105 Å². The number of nitrogens with zero attached hydrogens (tertiary/aromatic N) is 1. The van der Waals surface area contributed by atoms with Gasteiger partial charge in [0.2, 0.25) is 0 Å². The number of carbonyl (C=O) groups excluding carboxylic acids is 1. The Labute approximate surface area is 172 Å². The van der Waals surface area contributed by atoms with Crippen LogP contribution >= 0.6 is 0 Å². The van der Waals surface area contributed by atoms with Crippen LogP contribution in [0.4, 0.5) is 0 Å². The molecule has 0 spiro atoms. The van der Waals surface area contributed by atoms with Gasteiger partial charge in [-0.3, -0.25) is 0 Å². The monoisotopic (exact) mass is 471 g/mol. The molecule has 2 atom stereocenters. The number of hydrogen-bond donors (Lipinski definition) is 0. The summed E-state index contributed by atoms with van der Waals surface area (Å²) >= 11 is -0.688. The van der Waals surface area contributed by atoms with Gasteiger partial charge in [-0.1, -0.05) is 0 Å². The second-order valence-corrected chi connectivity index (χ2v) is 13.5. The van der Waals surface area contributed by atoms with Gasteiger partial charge in [0.25, 0.3) is 0 Å². The Hall–Kier alpha value is -0.0313. The van der Waals surface area contributed by atoms with Gasteiger partial charge in [-0.2, -0.15) is 0 Å². The normalized spacial score (nSPS) is 19.5. The molecule has 1 saturated heterocycles. The van der Waals surface area contributed by atoms with Gasteiger partial charge < -0.3 is 0 Å². The minimum absolute atomic E-state index is 0.0886. The summed E-state index contributed by atoms with van der Waals surface area (Å²) in [5, 5.41) is 0. The Balaban J connectivity index is 2.82. The van der Waals surface area contributed by atoms with Crippen LogP contribution in [-0.4, -0.2) is 55.3 Å². The summed E-state index contributed by atoms with van der Waals surface area (Å²) in [5.41, 5.74) is 0. The third kappa shape index (κ3) is 8.33. The van der Waals surface area contributed by atoms with E-state index in [1.54, 1.807) is 0 Å². The van der Waals surface area contributed by atoms with Gasteiger partial charge >= 0.3 is 173 Å². The molecule has 1 aliphatic heterocycles. The van der Waals surface area contributed by atoms with Crippen molar-refractivity contribution in [3.63, 3.8) is 0 Å². The Morgan fingerprint density at radius 2 is 1.73 bits per heavy atom. The predicted octanol–water partition coefficient (Wildman–Crippen LogP) is 5.57. The summed E-state index contributed by atoms with van der Waals surface area (Å²) in [4.78, 5) is 13.9. The molecule has 150 valence electrons. The van der Waals surface area contributed by atoms with Crippen molar-refractivity contribution in [3.8, 4) is 0 Å². The zero-order valence-electron chi connectivity index (χ0n) is 17.7. The fourth-order valence-corrected chi connectivity index (χ4v) is 10.2. The Kier molecular flexibility index (Phi) is 12.2. The van der Waals surface area contributed by atoms with Gasteiger partial charge in [0.1, 0.15) is 0 Å². The van der Waals surface area contributed by atoms with Gasteiger partial charge in [0, 0.05) is 0 Å². The first-order valence-corrected chi connectivity index (χ1v) is 13.9. The fourth-order valence-electron chi connectivity index (χ4n) is 4.09. The molecule has 1 rings (SSSR count). The average Bonchev–Trinajstić information content (AvgIpc) is 3.08. The maximum absolute atomic E-state index is 11.3. The summed E-state index contributed by atoms with van der Waals surface area (Å²) in [6.45, 7) is 14.7. The fraction of sp³-hybridized carbons (Fsp3) is 0.864. The van der Waals surface area contributed by atoms with Gasteiger partial charge in [-0.15, -0.1) is 0 Å². The van der Waals surface area contributed by atoms with E-state index in [0.29, 0.717) is 7.49 Å². The second-order valence-electron chi connectivity index (χ2n) is 7.93. The van der Waals surface area contributed by atoms with Crippen LogP contribution in [0.15, 0.2) is 12.7 Å². The molecule has 0 aliphatic carbocycles. The molecular weight excluding hydrogens is 429 g/mol. The van der Waals surface area contributed by atoms with Crippen molar-refractivity contribution < 1.29 is 9.53 Å². The van der Waals surface area contributed by atoms with E-state index in [4.69, 9.17) is 4.74 Å². The molecule has 1 fully saturated rings. The van der Waals surface area contributed by atoms with E-state index in [1.807, 2.05) is 0 Å². The van der Waals surface area contributed by atoms with Crippen LogP contribution in [0.3, 0.4) is 0 Å². The van der Waals surface area contributed by atoms with Crippen LogP contribution < -0.4 is 0 Å². The second kappa shape index (κ2) is 13.2. The van der Waals surface area contributed by atoms with E-state index in [1.165, 1.54) is 64.7 Å². The topological polar surface area (TPSA) is 29.5 Å². The van der Waals surface area contributed by atoms with Crippen molar-refractivity contribution in [1.82, 2.24) is 4.90 Å². The number of esters is 1. The summed E-state index contributed by atoms with van der Waals surface area (Å²) in [6, 6.07) is 0. The SMILES string of the molecule is C=C[C@H]([Sn][C](CCCC)(CCCC)CCCC)N1CC[C@H](OC(C)=O)C1. The molecule has 0 unspecified atom stereocenters. The van der Waals surface area contributed by atoms with Crippen LogP contribution in [0, 0.1) is 0 Å². The number of likely N-dealkylation sites (tertiary alicyclic amines) is 1. The van der Waals surface area contributed by atoms with Crippen molar-refractivity contribution >= 4 is 27.1 Å². The number of rotatable bonds is 14. The number of ether oxygens (including phenoxy) is 1.